The van der Waals surface area contributed by atoms with Crippen LogP contribution >= 0.6 is 11.3 Å². The van der Waals surface area contributed by atoms with Crippen molar-refractivity contribution in [3.05, 3.63) is 52.5 Å². The smallest absolute Gasteiger partial charge is 0.407 e. The fraction of sp³-hybridized carbons (Fsp3) is 0.412. The summed E-state index contributed by atoms with van der Waals surface area (Å²) in [5, 5.41) is 15.7. The van der Waals surface area contributed by atoms with Gasteiger partial charge in [-0.1, -0.05) is 30.3 Å². The van der Waals surface area contributed by atoms with Crippen molar-refractivity contribution in [1.29, 1.82) is 0 Å². The number of carbonyl (C=O) groups is 1. The number of thiazole rings is 1. The fourth-order valence-corrected chi connectivity index (χ4v) is 2.81. The summed E-state index contributed by atoms with van der Waals surface area (Å²) in [6, 6.07) is 9.18. The van der Waals surface area contributed by atoms with Crippen molar-refractivity contribution in [2.45, 2.75) is 44.9 Å². The first-order valence-electron chi connectivity index (χ1n) is 7.46. The van der Waals surface area contributed by atoms with Crippen molar-refractivity contribution in [1.82, 2.24) is 10.3 Å². The van der Waals surface area contributed by atoms with E-state index in [0.717, 1.165) is 5.56 Å². The number of alkyl carbamates (subject to hydrolysis) is 1. The van der Waals surface area contributed by atoms with Crippen molar-refractivity contribution in [2.75, 3.05) is 0 Å². The molecule has 0 radical (unpaired) electrons. The molecule has 0 aliphatic carbocycles. The molecular formula is C17H22N2O3S. The number of aromatic nitrogens is 1. The molecule has 0 aliphatic rings. The molecule has 1 aromatic carbocycles. The van der Waals surface area contributed by atoms with Crippen LogP contribution in [-0.2, 0) is 11.2 Å². The molecule has 5 nitrogen and oxygen atoms in total. The summed E-state index contributed by atoms with van der Waals surface area (Å²) in [5.41, 5.74) is 0.428. The third-order valence-corrected chi connectivity index (χ3v) is 3.93. The Bertz CT molecular complexity index is 609. The Labute approximate surface area is 140 Å². The minimum absolute atomic E-state index is 0.487. The van der Waals surface area contributed by atoms with E-state index in [0.29, 0.717) is 11.4 Å². The van der Waals surface area contributed by atoms with Gasteiger partial charge in [0.15, 0.2) is 0 Å². The van der Waals surface area contributed by atoms with Crippen molar-refractivity contribution in [3.63, 3.8) is 0 Å². The van der Waals surface area contributed by atoms with Gasteiger partial charge in [-0.3, -0.25) is 0 Å². The first-order chi connectivity index (χ1) is 10.8. The monoisotopic (exact) mass is 334 g/mol. The van der Waals surface area contributed by atoms with Crippen LogP contribution in [0.25, 0.3) is 0 Å². The summed E-state index contributed by atoms with van der Waals surface area (Å²) in [6.45, 7) is 5.40. The largest absolute Gasteiger partial charge is 0.444 e. The maximum atomic E-state index is 12.1. The summed E-state index contributed by atoms with van der Waals surface area (Å²) in [7, 11) is 0. The number of amides is 1. The van der Waals surface area contributed by atoms with Gasteiger partial charge in [0.05, 0.1) is 6.04 Å². The van der Waals surface area contributed by atoms with Gasteiger partial charge in [-0.25, -0.2) is 9.78 Å². The lowest BCUT2D eigenvalue weighted by Crippen LogP contribution is -2.43. The molecule has 124 valence electrons. The van der Waals surface area contributed by atoms with Crippen LogP contribution in [0.5, 0.6) is 0 Å². The van der Waals surface area contributed by atoms with Crippen molar-refractivity contribution in [3.8, 4) is 0 Å². The van der Waals surface area contributed by atoms with Gasteiger partial charge in [-0.15, -0.1) is 11.3 Å². The van der Waals surface area contributed by atoms with Crippen molar-refractivity contribution in [2.24, 2.45) is 0 Å². The molecule has 0 aliphatic heterocycles. The molecule has 0 bridgehead atoms. The lowest BCUT2D eigenvalue weighted by atomic mass is 10.0. The lowest BCUT2D eigenvalue weighted by molar-refractivity contribution is 0.0421. The maximum Gasteiger partial charge on any atom is 0.407 e. The highest BCUT2D eigenvalue weighted by Crippen LogP contribution is 2.22. The Kier molecular flexibility index (Phi) is 5.74. The van der Waals surface area contributed by atoms with E-state index in [1.807, 2.05) is 30.3 Å². The first-order valence-corrected chi connectivity index (χ1v) is 8.34. The molecule has 1 aromatic heterocycles. The van der Waals surface area contributed by atoms with Gasteiger partial charge in [0.25, 0.3) is 0 Å². The number of ether oxygens (including phenoxy) is 1. The predicted octanol–water partition coefficient (Wildman–Crippen LogP) is 3.31. The molecular weight excluding hydrogens is 312 g/mol. The van der Waals surface area contributed by atoms with E-state index < -0.39 is 23.8 Å². The number of hydrogen-bond acceptors (Lipinski definition) is 5. The van der Waals surface area contributed by atoms with Gasteiger partial charge in [0, 0.05) is 11.6 Å². The maximum absolute atomic E-state index is 12.1. The van der Waals surface area contributed by atoms with Crippen LogP contribution in [-0.4, -0.2) is 27.8 Å². The molecule has 23 heavy (non-hydrogen) atoms. The Morgan fingerprint density at radius 2 is 2.04 bits per heavy atom. The zero-order valence-electron chi connectivity index (χ0n) is 13.5. The van der Waals surface area contributed by atoms with Gasteiger partial charge in [0.2, 0.25) is 0 Å². The normalized spacial score (nSPS) is 14.1. The van der Waals surface area contributed by atoms with Gasteiger partial charge >= 0.3 is 6.09 Å². The number of hydrogen-bond donors (Lipinski definition) is 2. The molecule has 2 atom stereocenters. The molecule has 0 saturated heterocycles. The van der Waals surface area contributed by atoms with Crippen LogP contribution in [0.1, 0.15) is 37.4 Å². The Morgan fingerprint density at radius 3 is 2.61 bits per heavy atom. The predicted molar refractivity (Wildman–Crippen MR) is 90.4 cm³/mol. The van der Waals surface area contributed by atoms with Crippen molar-refractivity contribution >= 4 is 17.4 Å². The van der Waals surface area contributed by atoms with Gasteiger partial charge in [0.1, 0.15) is 16.7 Å². The highest BCUT2D eigenvalue weighted by atomic mass is 32.1. The second-order valence-corrected chi connectivity index (χ2v) is 7.18. The highest BCUT2D eigenvalue weighted by Gasteiger charge is 2.27. The number of aliphatic hydroxyl groups is 1. The summed E-state index contributed by atoms with van der Waals surface area (Å²) in [5.74, 6) is 0. The Balaban J connectivity index is 2.12. The summed E-state index contributed by atoms with van der Waals surface area (Å²) < 4.78 is 5.30. The van der Waals surface area contributed by atoms with E-state index in [1.165, 1.54) is 11.3 Å². The minimum Gasteiger partial charge on any atom is -0.444 e. The molecule has 2 aromatic rings. The second-order valence-electron chi connectivity index (χ2n) is 6.26. The van der Waals surface area contributed by atoms with Crippen LogP contribution in [0.3, 0.4) is 0 Å². The van der Waals surface area contributed by atoms with Crippen LogP contribution in [0, 0.1) is 0 Å². The molecule has 1 heterocycles. The fourth-order valence-electron chi connectivity index (χ4n) is 2.12. The van der Waals surface area contributed by atoms with E-state index in [1.54, 1.807) is 32.3 Å². The number of rotatable bonds is 5. The topological polar surface area (TPSA) is 71.5 Å². The molecule has 2 N–H and O–H groups in total. The standard InChI is InChI=1S/C17H22N2O3S/c1-17(2,3)22-16(21)19-13(11-12-7-5-4-6-8-12)14(20)15-18-9-10-23-15/h4-10,13-14,20H,11H2,1-3H3,(H,19,21)/t13-,14+/m0/s1. The van der Waals surface area contributed by atoms with E-state index in [-0.39, 0.29) is 0 Å². The first kappa shape index (κ1) is 17.4. The average Bonchev–Trinajstić information content (AvgIpc) is 2.99. The highest BCUT2D eigenvalue weighted by molar-refractivity contribution is 7.09. The zero-order chi connectivity index (χ0) is 16.9. The number of carbonyl (C=O) groups excluding carboxylic acids is 1. The van der Waals surface area contributed by atoms with Gasteiger partial charge in [-0.05, 0) is 32.8 Å². The van der Waals surface area contributed by atoms with Gasteiger partial charge in [-0.2, -0.15) is 0 Å². The number of benzene rings is 1. The van der Waals surface area contributed by atoms with Gasteiger partial charge < -0.3 is 15.2 Å². The van der Waals surface area contributed by atoms with Crippen LogP contribution in [0.4, 0.5) is 4.79 Å². The number of nitrogens with zero attached hydrogens (tertiary/aromatic N) is 1. The zero-order valence-corrected chi connectivity index (χ0v) is 14.3. The molecule has 2 rings (SSSR count). The van der Waals surface area contributed by atoms with E-state index in [4.69, 9.17) is 4.74 Å². The van der Waals surface area contributed by atoms with Crippen LogP contribution in [0.2, 0.25) is 0 Å². The van der Waals surface area contributed by atoms with Crippen molar-refractivity contribution < 1.29 is 14.6 Å². The Hall–Kier alpha value is -1.92. The summed E-state index contributed by atoms with van der Waals surface area (Å²) in [4.78, 5) is 16.2. The summed E-state index contributed by atoms with van der Waals surface area (Å²) in [6.07, 6.45) is 0.689. The molecule has 0 unspecified atom stereocenters. The van der Waals surface area contributed by atoms with Crippen LogP contribution in [0.15, 0.2) is 41.9 Å². The second kappa shape index (κ2) is 7.57. The quantitative estimate of drug-likeness (QED) is 0.880. The lowest BCUT2D eigenvalue weighted by Gasteiger charge is -2.26. The minimum atomic E-state index is -0.886. The Morgan fingerprint density at radius 1 is 1.35 bits per heavy atom. The summed E-state index contributed by atoms with van der Waals surface area (Å²) >= 11 is 1.36. The molecule has 0 saturated carbocycles. The third kappa shape index (κ3) is 5.65. The molecule has 0 fully saturated rings. The number of aliphatic hydroxyl groups excluding tert-OH is 1. The SMILES string of the molecule is CC(C)(C)OC(=O)N[C@@H](Cc1ccccc1)[C@@H](O)c1nccs1. The average molecular weight is 334 g/mol. The van der Waals surface area contributed by atoms with E-state index in [9.17, 15) is 9.90 Å². The number of nitrogens with one attached hydrogen (secondary N) is 1. The van der Waals surface area contributed by atoms with E-state index in [2.05, 4.69) is 10.3 Å². The molecule has 0 spiro atoms. The van der Waals surface area contributed by atoms with E-state index >= 15 is 0 Å². The molecule has 1 amide bonds. The third-order valence-electron chi connectivity index (χ3n) is 3.09. The molecule has 6 heteroatoms. The van der Waals surface area contributed by atoms with Crippen LogP contribution < -0.4 is 5.32 Å².